The summed E-state index contributed by atoms with van der Waals surface area (Å²) in [6, 6.07) is 15.2. The Hall–Kier alpha value is -3.32. The molecule has 1 amide bonds. The smallest absolute Gasteiger partial charge is 0.258 e. The molecule has 0 aliphatic rings. The molecular formula is C20H18ClN5O2. The van der Waals surface area contributed by atoms with E-state index >= 15 is 0 Å². The molecule has 0 saturated carbocycles. The summed E-state index contributed by atoms with van der Waals surface area (Å²) in [6.07, 6.45) is 5.14. The number of hydrogen-bond donors (Lipinski definition) is 1. The molecule has 4 aromatic rings. The number of aromatic nitrogens is 4. The molecule has 0 fully saturated rings. The molecule has 142 valence electrons. The molecule has 28 heavy (non-hydrogen) atoms. The van der Waals surface area contributed by atoms with Gasteiger partial charge >= 0.3 is 0 Å². The quantitative estimate of drug-likeness (QED) is 0.522. The van der Waals surface area contributed by atoms with Crippen molar-refractivity contribution in [2.45, 2.75) is 6.54 Å². The Morgan fingerprint density at radius 3 is 2.79 bits per heavy atom. The number of nitrogens with zero attached hydrogens (tertiary/aromatic N) is 4. The Morgan fingerprint density at radius 2 is 1.93 bits per heavy atom. The van der Waals surface area contributed by atoms with Crippen molar-refractivity contribution >= 4 is 28.4 Å². The van der Waals surface area contributed by atoms with Gasteiger partial charge < -0.3 is 14.6 Å². The van der Waals surface area contributed by atoms with Crippen LogP contribution in [0.4, 0.5) is 0 Å². The molecule has 2 aromatic carbocycles. The molecule has 2 aromatic heterocycles. The van der Waals surface area contributed by atoms with E-state index < -0.39 is 0 Å². The van der Waals surface area contributed by atoms with Gasteiger partial charge in [-0.1, -0.05) is 29.8 Å². The number of fused-ring (bicyclic) bond motifs is 1. The summed E-state index contributed by atoms with van der Waals surface area (Å²) in [6.45, 7) is 1.07. The lowest BCUT2D eigenvalue weighted by molar-refractivity contribution is -0.123. The van der Waals surface area contributed by atoms with E-state index in [-0.39, 0.29) is 12.5 Å². The van der Waals surface area contributed by atoms with Crippen molar-refractivity contribution in [1.82, 2.24) is 24.6 Å². The zero-order valence-electron chi connectivity index (χ0n) is 15.0. The molecular weight excluding hydrogens is 378 g/mol. The van der Waals surface area contributed by atoms with Gasteiger partial charge in [0.25, 0.3) is 5.91 Å². The third-order valence-corrected chi connectivity index (χ3v) is 4.57. The van der Waals surface area contributed by atoms with E-state index in [1.54, 1.807) is 23.3 Å². The number of benzene rings is 2. The lowest BCUT2D eigenvalue weighted by atomic mass is 10.2. The van der Waals surface area contributed by atoms with Gasteiger partial charge in [0.2, 0.25) is 0 Å². The fourth-order valence-corrected chi connectivity index (χ4v) is 3.15. The van der Waals surface area contributed by atoms with E-state index in [1.807, 2.05) is 48.7 Å². The van der Waals surface area contributed by atoms with Crippen molar-refractivity contribution in [3.63, 3.8) is 0 Å². The van der Waals surface area contributed by atoms with Crippen molar-refractivity contribution in [1.29, 1.82) is 0 Å². The van der Waals surface area contributed by atoms with E-state index in [1.165, 1.54) is 0 Å². The highest BCUT2D eigenvalue weighted by atomic mass is 35.5. The molecule has 2 heterocycles. The van der Waals surface area contributed by atoms with Crippen LogP contribution in [0.5, 0.6) is 5.75 Å². The first-order valence-corrected chi connectivity index (χ1v) is 9.16. The highest BCUT2D eigenvalue weighted by Gasteiger charge is 2.08. The van der Waals surface area contributed by atoms with Crippen LogP contribution in [-0.4, -0.2) is 38.4 Å². The molecule has 0 atom stereocenters. The first-order chi connectivity index (χ1) is 13.7. The maximum Gasteiger partial charge on any atom is 0.258 e. The largest absolute Gasteiger partial charge is 0.482 e. The summed E-state index contributed by atoms with van der Waals surface area (Å²) < 4.78 is 9.47. The molecule has 8 heteroatoms. The summed E-state index contributed by atoms with van der Waals surface area (Å²) in [4.78, 5) is 12.2. The molecule has 0 spiro atoms. The van der Waals surface area contributed by atoms with Crippen molar-refractivity contribution in [3.8, 4) is 11.4 Å². The molecule has 1 N–H and O–H groups in total. The van der Waals surface area contributed by atoms with Crippen molar-refractivity contribution in [3.05, 3.63) is 72.4 Å². The first kappa shape index (κ1) is 18.1. The van der Waals surface area contributed by atoms with Gasteiger partial charge in [0.15, 0.2) is 6.61 Å². The number of rotatable bonds is 7. The predicted molar refractivity (Wildman–Crippen MR) is 107 cm³/mol. The second kappa shape index (κ2) is 8.14. The summed E-state index contributed by atoms with van der Waals surface area (Å²) in [5.74, 6) is 0.400. The number of carbonyl (C=O) groups is 1. The van der Waals surface area contributed by atoms with Crippen LogP contribution in [0.1, 0.15) is 0 Å². The SMILES string of the molecule is O=C(COc1ccccc1-n1cnnc1)NCCn1ccc2ccc(Cl)cc21. The van der Waals surface area contributed by atoms with E-state index in [0.717, 1.165) is 16.6 Å². The lowest BCUT2D eigenvalue weighted by Crippen LogP contribution is -2.31. The number of hydrogen-bond acceptors (Lipinski definition) is 4. The maximum atomic E-state index is 12.2. The van der Waals surface area contributed by atoms with Gasteiger partial charge in [-0.15, -0.1) is 10.2 Å². The van der Waals surface area contributed by atoms with Crippen LogP contribution in [0.3, 0.4) is 0 Å². The van der Waals surface area contributed by atoms with Gasteiger partial charge in [0.05, 0.1) is 5.69 Å². The van der Waals surface area contributed by atoms with Crippen molar-refractivity contribution < 1.29 is 9.53 Å². The Kier molecular flexibility index (Phi) is 5.25. The second-order valence-corrected chi connectivity index (χ2v) is 6.62. The standard InChI is InChI=1S/C20H18ClN5O2/c21-16-6-5-15-7-9-25(18(15)11-16)10-8-22-20(27)12-28-19-4-2-1-3-17(19)26-13-23-24-14-26/h1-7,9,11,13-14H,8,10,12H2,(H,22,27). The maximum absolute atomic E-state index is 12.2. The molecule has 0 unspecified atom stereocenters. The summed E-state index contributed by atoms with van der Waals surface area (Å²) in [5.41, 5.74) is 1.82. The number of carbonyl (C=O) groups excluding carboxylic acids is 1. The third kappa shape index (κ3) is 3.99. The van der Waals surface area contributed by atoms with E-state index in [0.29, 0.717) is 23.9 Å². The first-order valence-electron chi connectivity index (χ1n) is 8.78. The Balaban J connectivity index is 1.31. The molecule has 0 aliphatic carbocycles. The van der Waals surface area contributed by atoms with Gasteiger partial charge in [0, 0.05) is 29.8 Å². The second-order valence-electron chi connectivity index (χ2n) is 6.19. The van der Waals surface area contributed by atoms with Crippen LogP contribution < -0.4 is 10.1 Å². The van der Waals surface area contributed by atoms with Crippen LogP contribution >= 0.6 is 11.6 Å². The Labute approximate surface area is 166 Å². The third-order valence-electron chi connectivity index (χ3n) is 4.33. The monoisotopic (exact) mass is 395 g/mol. The van der Waals surface area contributed by atoms with Gasteiger partial charge in [-0.05, 0) is 35.7 Å². The van der Waals surface area contributed by atoms with E-state index in [9.17, 15) is 4.79 Å². The number of amides is 1. The van der Waals surface area contributed by atoms with Gasteiger partial charge in [-0.3, -0.25) is 9.36 Å². The predicted octanol–water partition coefficient (Wildman–Crippen LogP) is 3.07. The summed E-state index contributed by atoms with van der Waals surface area (Å²) in [7, 11) is 0. The molecule has 7 nitrogen and oxygen atoms in total. The Bertz CT molecular complexity index is 1090. The summed E-state index contributed by atoms with van der Waals surface area (Å²) >= 11 is 6.07. The highest BCUT2D eigenvalue weighted by Crippen LogP contribution is 2.22. The van der Waals surface area contributed by atoms with E-state index in [2.05, 4.69) is 20.1 Å². The fraction of sp³-hybridized carbons (Fsp3) is 0.150. The molecule has 0 bridgehead atoms. The number of ether oxygens (including phenoxy) is 1. The minimum Gasteiger partial charge on any atom is -0.482 e. The molecule has 0 saturated heterocycles. The molecule has 0 radical (unpaired) electrons. The minimum atomic E-state index is -0.187. The van der Waals surface area contributed by atoms with Crippen molar-refractivity contribution in [2.75, 3.05) is 13.2 Å². The van der Waals surface area contributed by atoms with Gasteiger partial charge in [-0.25, -0.2) is 0 Å². The van der Waals surface area contributed by atoms with Gasteiger partial charge in [0.1, 0.15) is 18.4 Å². The highest BCUT2D eigenvalue weighted by molar-refractivity contribution is 6.31. The van der Waals surface area contributed by atoms with Crippen molar-refractivity contribution in [2.24, 2.45) is 0 Å². The molecule has 4 rings (SSSR count). The Morgan fingerprint density at radius 1 is 1.11 bits per heavy atom. The number of halogens is 1. The average Bonchev–Trinajstić information content (AvgIpc) is 3.37. The normalized spacial score (nSPS) is 10.9. The summed E-state index contributed by atoms with van der Waals surface area (Å²) in [5, 5.41) is 12.3. The van der Waals surface area contributed by atoms with Crippen LogP contribution in [0, 0.1) is 0 Å². The zero-order valence-corrected chi connectivity index (χ0v) is 15.7. The van der Waals surface area contributed by atoms with Crippen LogP contribution in [0.25, 0.3) is 16.6 Å². The number of nitrogens with one attached hydrogen (secondary N) is 1. The minimum absolute atomic E-state index is 0.0720. The van der Waals surface area contributed by atoms with Crippen LogP contribution in [0.15, 0.2) is 67.4 Å². The van der Waals surface area contributed by atoms with Crippen LogP contribution in [0.2, 0.25) is 5.02 Å². The topological polar surface area (TPSA) is 74.0 Å². The van der Waals surface area contributed by atoms with Gasteiger partial charge in [-0.2, -0.15) is 0 Å². The van der Waals surface area contributed by atoms with E-state index in [4.69, 9.17) is 16.3 Å². The molecule has 0 aliphatic heterocycles. The fourth-order valence-electron chi connectivity index (χ4n) is 2.98. The number of para-hydroxylation sites is 2. The zero-order chi connectivity index (χ0) is 19.3. The van der Waals surface area contributed by atoms with Crippen LogP contribution in [-0.2, 0) is 11.3 Å². The lowest BCUT2D eigenvalue weighted by Gasteiger charge is -2.12. The average molecular weight is 396 g/mol.